The van der Waals surface area contributed by atoms with E-state index in [4.69, 9.17) is 9.47 Å². The molecular weight excluding hydrogens is 176 g/mol. The van der Waals surface area contributed by atoms with Crippen molar-refractivity contribution in [3.05, 3.63) is 35.9 Å². The van der Waals surface area contributed by atoms with E-state index in [1.54, 1.807) is 0 Å². The molecule has 1 heterocycles. The minimum absolute atomic E-state index is 0.0498. The molecule has 0 unspecified atom stereocenters. The normalized spacial score (nSPS) is 29.0. The molecule has 76 valence electrons. The van der Waals surface area contributed by atoms with E-state index in [9.17, 15) is 0 Å². The van der Waals surface area contributed by atoms with Crippen molar-refractivity contribution in [1.29, 1.82) is 0 Å². The lowest BCUT2D eigenvalue weighted by Crippen LogP contribution is -2.18. The van der Waals surface area contributed by atoms with E-state index >= 15 is 0 Å². The Morgan fingerprint density at radius 1 is 1.29 bits per heavy atom. The van der Waals surface area contributed by atoms with Gasteiger partial charge < -0.3 is 9.47 Å². The van der Waals surface area contributed by atoms with Crippen molar-refractivity contribution in [2.75, 3.05) is 6.61 Å². The van der Waals surface area contributed by atoms with Gasteiger partial charge in [0.05, 0.1) is 12.7 Å². The maximum absolute atomic E-state index is 5.66. The Hall–Kier alpha value is -0.860. The summed E-state index contributed by atoms with van der Waals surface area (Å²) in [7, 11) is 0. The third-order valence-electron chi connectivity index (χ3n) is 2.74. The van der Waals surface area contributed by atoms with E-state index in [0.717, 1.165) is 0 Å². The third-order valence-corrected chi connectivity index (χ3v) is 2.74. The van der Waals surface area contributed by atoms with Crippen LogP contribution in [0.2, 0.25) is 0 Å². The molecule has 14 heavy (non-hydrogen) atoms. The van der Waals surface area contributed by atoms with E-state index in [-0.39, 0.29) is 12.4 Å². The number of hydrogen-bond donors (Lipinski definition) is 0. The molecule has 2 rings (SSSR count). The van der Waals surface area contributed by atoms with E-state index in [0.29, 0.717) is 12.5 Å². The molecule has 0 saturated carbocycles. The highest BCUT2D eigenvalue weighted by Crippen LogP contribution is 2.26. The second-order valence-corrected chi connectivity index (χ2v) is 3.77. The van der Waals surface area contributed by atoms with Gasteiger partial charge in [-0.05, 0) is 12.5 Å². The lowest BCUT2D eigenvalue weighted by Gasteiger charge is -2.17. The van der Waals surface area contributed by atoms with Crippen LogP contribution in [0.3, 0.4) is 0 Å². The van der Waals surface area contributed by atoms with Gasteiger partial charge in [0.25, 0.3) is 0 Å². The van der Waals surface area contributed by atoms with E-state index in [2.05, 4.69) is 31.2 Å². The van der Waals surface area contributed by atoms with Crippen molar-refractivity contribution < 1.29 is 9.47 Å². The second kappa shape index (κ2) is 4.11. The standard InChI is InChI=1S/C12H16O2/c1-9(11-6-4-3-5-7-11)12-8-13-10(2)14-12/h3-7,9-10,12H,8H2,1-2H3/t9-,10+,12+/m0/s1. The van der Waals surface area contributed by atoms with Crippen LogP contribution in [0.5, 0.6) is 0 Å². The molecule has 1 aliphatic rings. The van der Waals surface area contributed by atoms with Crippen LogP contribution in [0.25, 0.3) is 0 Å². The van der Waals surface area contributed by atoms with Crippen molar-refractivity contribution in [3.8, 4) is 0 Å². The van der Waals surface area contributed by atoms with Crippen molar-refractivity contribution in [2.24, 2.45) is 0 Å². The van der Waals surface area contributed by atoms with Gasteiger partial charge >= 0.3 is 0 Å². The number of hydrogen-bond acceptors (Lipinski definition) is 2. The average molecular weight is 192 g/mol. The second-order valence-electron chi connectivity index (χ2n) is 3.77. The number of ether oxygens (including phenoxy) is 2. The molecule has 2 heteroatoms. The summed E-state index contributed by atoms with van der Waals surface area (Å²) < 4.78 is 11.0. The summed E-state index contributed by atoms with van der Waals surface area (Å²) in [6, 6.07) is 10.4. The van der Waals surface area contributed by atoms with Crippen LogP contribution in [0.4, 0.5) is 0 Å². The summed E-state index contributed by atoms with van der Waals surface area (Å²) in [5, 5.41) is 0. The van der Waals surface area contributed by atoms with Crippen molar-refractivity contribution in [3.63, 3.8) is 0 Å². The minimum Gasteiger partial charge on any atom is -0.350 e. The SMILES string of the molecule is C[C@@H]1OC[C@H]([C@@H](C)c2ccccc2)O1. The van der Waals surface area contributed by atoms with Gasteiger partial charge in [-0.15, -0.1) is 0 Å². The van der Waals surface area contributed by atoms with E-state index in [1.165, 1.54) is 5.56 Å². The maximum Gasteiger partial charge on any atom is 0.155 e. The molecule has 1 aromatic rings. The molecule has 1 fully saturated rings. The molecule has 2 nitrogen and oxygen atoms in total. The Kier molecular flexibility index (Phi) is 2.85. The molecule has 0 N–H and O–H groups in total. The lowest BCUT2D eigenvalue weighted by molar-refractivity contribution is -0.0455. The van der Waals surface area contributed by atoms with Crippen LogP contribution >= 0.6 is 0 Å². The Morgan fingerprint density at radius 3 is 2.57 bits per heavy atom. The van der Waals surface area contributed by atoms with Gasteiger partial charge in [0.2, 0.25) is 0 Å². The summed E-state index contributed by atoms with van der Waals surface area (Å²) in [6.07, 6.45) is 0.151. The molecule has 1 aliphatic heterocycles. The average Bonchev–Trinajstić information content (AvgIpc) is 2.65. The summed E-state index contributed by atoms with van der Waals surface area (Å²) in [6.45, 7) is 4.83. The molecule has 0 aromatic heterocycles. The first kappa shape index (κ1) is 9.69. The fraction of sp³-hybridized carbons (Fsp3) is 0.500. The zero-order valence-corrected chi connectivity index (χ0v) is 8.64. The summed E-state index contributed by atoms with van der Waals surface area (Å²) in [5.74, 6) is 0.404. The third kappa shape index (κ3) is 1.97. The highest BCUT2D eigenvalue weighted by Gasteiger charge is 2.28. The fourth-order valence-electron chi connectivity index (χ4n) is 1.79. The molecule has 0 bridgehead atoms. The van der Waals surface area contributed by atoms with Crippen molar-refractivity contribution in [2.45, 2.75) is 32.2 Å². The van der Waals surface area contributed by atoms with Gasteiger partial charge in [-0.25, -0.2) is 0 Å². The van der Waals surface area contributed by atoms with Gasteiger partial charge in [-0.2, -0.15) is 0 Å². The van der Waals surface area contributed by atoms with Gasteiger partial charge in [-0.1, -0.05) is 37.3 Å². The lowest BCUT2D eigenvalue weighted by atomic mass is 9.96. The molecule has 0 radical (unpaired) electrons. The Morgan fingerprint density at radius 2 is 2.00 bits per heavy atom. The molecule has 1 aromatic carbocycles. The van der Waals surface area contributed by atoms with E-state index < -0.39 is 0 Å². The highest BCUT2D eigenvalue weighted by molar-refractivity contribution is 5.20. The summed E-state index contributed by atoms with van der Waals surface area (Å²) in [5.41, 5.74) is 1.32. The monoisotopic (exact) mass is 192 g/mol. The van der Waals surface area contributed by atoms with Crippen LogP contribution in [0.15, 0.2) is 30.3 Å². The Bertz CT molecular complexity index is 284. The summed E-state index contributed by atoms with van der Waals surface area (Å²) in [4.78, 5) is 0. The number of benzene rings is 1. The van der Waals surface area contributed by atoms with Gasteiger partial charge in [-0.3, -0.25) is 0 Å². The molecule has 0 amide bonds. The first-order valence-corrected chi connectivity index (χ1v) is 5.09. The quantitative estimate of drug-likeness (QED) is 0.717. The van der Waals surface area contributed by atoms with Crippen LogP contribution in [0, 0.1) is 0 Å². The van der Waals surface area contributed by atoms with Crippen molar-refractivity contribution in [1.82, 2.24) is 0 Å². The van der Waals surface area contributed by atoms with Gasteiger partial charge in [0.15, 0.2) is 6.29 Å². The Labute approximate surface area is 84.8 Å². The topological polar surface area (TPSA) is 18.5 Å². The zero-order valence-electron chi connectivity index (χ0n) is 8.64. The number of rotatable bonds is 2. The van der Waals surface area contributed by atoms with Gasteiger partial charge in [0.1, 0.15) is 0 Å². The Balaban J connectivity index is 2.05. The molecule has 1 saturated heterocycles. The highest BCUT2D eigenvalue weighted by atomic mass is 16.7. The van der Waals surface area contributed by atoms with Crippen LogP contribution in [-0.4, -0.2) is 19.0 Å². The largest absolute Gasteiger partial charge is 0.350 e. The zero-order chi connectivity index (χ0) is 9.97. The van der Waals surface area contributed by atoms with E-state index in [1.807, 2.05) is 13.0 Å². The van der Waals surface area contributed by atoms with Gasteiger partial charge in [0, 0.05) is 5.92 Å². The first-order chi connectivity index (χ1) is 6.77. The molecular formula is C12H16O2. The minimum atomic E-state index is -0.0498. The molecule has 0 spiro atoms. The predicted molar refractivity (Wildman–Crippen MR) is 55.1 cm³/mol. The van der Waals surface area contributed by atoms with Crippen molar-refractivity contribution >= 4 is 0 Å². The molecule has 3 atom stereocenters. The smallest absolute Gasteiger partial charge is 0.155 e. The predicted octanol–water partition coefficient (Wildman–Crippen LogP) is 2.55. The molecule has 0 aliphatic carbocycles. The summed E-state index contributed by atoms with van der Waals surface area (Å²) >= 11 is 0. The van der Waals surface area contributed by atoms with Crippen LogP contribution in [0.1, 0.15) is 25.3 Å². The fourth-order valence-corrected chi connectivity index (χ4v) is 1.79. The van der Waals surface area contributed by atoms with Crippen LogP contribution < -0.4 is 0 Å². The van der Waals surface area contributed by atoms with Crippen LogP contribution in [-0.2, 0) is 9.47 Å². The first-order valence-electron chi connectivity index (χ1n) is 5.09. The maximum atomic E-state index is 5.66.